The molecule has 0 radical (unpaired) electrons. The van der Waals surface area contributed by atoms with Crippen molar-refractivity contribution >= 4 is 23.3 Å². The molecule has 2 amide bonds. The third kappa shape index (κ3) is 3.72. The number of nitrogens with one attached hydrogen (secondary N) is 1. The summed E-state index contributed by atoms with van der Waals surface area (Å²) in [6.45, 7) is 1.57. The molecular weight excluding hydrogens is 417 g/mol. The van der Waals surface area contributed by atoms with Crippen LogP contribution in [0.1, 0.15) is 18.0 Å². The monoisotopic (exact) mass is 437 g/mol. The lowest BCUT2D eigenvalue weighted by Gasteiger charge is -2.43. The maximum Gasteiger partial charge on any atom is 0.321 e. The predicted octanol–water partition coefficient (Wildman–Crippen LogP) is 4.96. The van der Waals surface area contributed by atoms with Crippen LogP contribution in [-0.4, -0.2) is 28.6 Å². The minimum Gasteiger partial charge on any atom is -0.324 e. The van der Waals surface area contributed by atoms with Crippen molar-refractivity contribution in [2.45, 2.75) is 18.9 Å². The number of likely N-dealkylation sites (tertiary alicyclic amines) is 1. The van der Waals surface area contributed by atoms with E-state index < -0.39 is 0 Å². The number of hydrogen-bond donors (Lipinski definition) is 1. The van der Waals surface area contributed by atoms with Crippen LogP contribution in [0.15, 0.2) is 65.5 Å². The summed E-state index contributed by atoms with van der Waals surface area (Å²) in [7, 11) is 0. The standard InChI is InChI=1S/C24H21ClFN3O2/c25-17-5-7-18(8-6-17)27-24(31)28-12-15-11-16(14-28)23-20(9-10-22(30)29(23)13-15)19-3-1-2-4-21(19)26/h1-10,15-16H,11-14H2,(H,27,31). The fourth-order valence-corrected chi connectivity index (χ4v) is 4.95. The largest absolute Gasteiger partial charge is 0.324 e. The number of anilines is 1. The Labute approximate surface area is 184 Å². The van der Waals surface area contributed by atoms with Crippen molar-refractivity contribution in [3.8, 4) is 11.1 Å². The number of carbonyl (C=O) groups excluding carboxylic acids is 1. The van der Waals surface area contributed by atoms with E-state index >= 15 is 0 Å². The molecule has 3 aromatic rings. The van der Waals surface area contributed by atoms with Crippen molar-refractivity contribution in [3.05, 3.63) is 87.6 Å². The maximum absolute atomic E-state index is 14.6. The quantitative estimate of drug-likeness (QED) is 0.616. The summed E-state index contributed by atoms with van der Waals surface area (Å²) in [6.07, 6.45) is 0.871. The normalized spacial score (nSPS) is 19.6. The van der Waals surface area contributed by atoms with Gasteiger partial charge in [0.1, 0.15) is 5.82 Å². The molecule has 1 aromatic heterocycles. The number of hydrogen-bond acceptors (Lipinski definition) is 2. The molecule has 5 nitrogen and oxygen atoms in total. The third-order valence-electron chi connectivity index (χ3n) is 6.14. The van der Waals surface area contributed by atoms with E-state index in [-0.39, 0.29) is 29.2 Å². The number of urea groups is 1. The first-order valence-electron chi connectivity index (χ1n) is 10.3. The second-order valence-electron chi connectivity index (χ2n) is 8.20. The van der Waals surface area contributed by atoms with E-state index in [0.29, 0.717) is 35.9 Å². The fourth-order valence-electron chi connectivity index (χ4n) is 4.82. The van der Waals surface area contributed by atoms with E-state index in [1.807, 2.05) is 0 Å². The van der Waals surface area contributed by atoms with Gasteiger partial charge in [0.05, 0.1) is 0 Å². The maximum atomic E-state index is 14.6. The first-order valence-corrected chi connectivity index (χ1v) is 10.7. The Hall–Kier alpha value is -3.12. The Kier molecular flexibility index (Phi) is 5.02. The Morgan fingerprint density at radius 2 is 1.74 bits per heavy atom. The number of piperidine rings is 1. The van der Waals surface area contributed by atoms with Gasteiger partial charge in [-0.2, -0.15) is 0 Å². The molecule has 2 aliphatic rings. The summed E-state index contributed by atoms with van der Waals surface area (Å²) in [5, 5.41) is 3.52. The molecule has 3 heterocycles. The van der Waals surface area contributed by atoms with Gasteiger partial charge in [-0.15, -0.1) is 0 Å². The number of halogens is 2. The van der Waals surface area contributed by atoms with E-state index in [2.05, 4.69) is 5.32 Å². The number of benzene rings is 2. The van der Waals surface area contributed by atoms with Crippen molar-refractivity contribution < 1.29 is 9.18 Å². The molecule has 2 aliphatic heterocycles. The molecule has 2 unspecified atom stereocenters. The van der Waals surface area contributed by atoms with Crippen LogP contribution in [0.25, 0.3) is 11.1 Å². The van der Waals surface area contributed by atoms with Crippen LogP contribution in [0.2, 0.25) is 5.02 Å². The van der Waals surface area contributed by atoms with Gasteiger partial charge in [-0.3, -0.25) is 4.79 Å². The zero-order valence-corrected chi connectivity index (χ0v) is 17.5. The Morgan fingerprint density at radius 3 is 2.52 bits per heavy atom. The van der Waals surface area contributed by atoms with Crippen molar-refractivity contribution in [3.63, 3.8) is 0 Å². The van der Waals surface area contributed by atoms with Gasteiger partial charge in [0.2, 0.25) is 0 Å². The van der Waals surface area contributed by atoms with Gasteiger partial charge in [0, 0.05) is 59.1 Å². The van der Waals surface area contributed by atoms with Crippen LogP contribution in [0.3, 0.4) is 0 Å². The molecule has 1 saturated heterocycles. The lowest BCUT2D eigenvalue weighted by atomic mass is 9.80. The molecule has 1 N–H and O–H groups in total. The highest BCUT2D eigenvalue weighted by Gasteiger charge is 2.38. The van der Waals surface area contributed by atoms with Gasteiger partial charge in [-0.05, 0) is 48.7 Å². The van der Waals surface area contributed by atoms with Crippen molar-refractivity contribution in [1.29, 1.82) is 0 Å². The summed E-state index contributed by atoms with van der Waals surface area (Å²) in [6, 6.07) is 16.6. The highest BCUT2D eigenvalue weighted by Crippen LogP contribution is 2.40. The number of amides is 2. The second kappa shape index (κ2) is 7.85. The summed E-state index contributed by atoms with van der Waals surface area (Å²) in [5.74, 6) is -0.179. The van der Waals surface area contributed by atoms with Crippen LogP contribution in [0, 0.1) is 11.7 Å². The molecule has 7 heteroatoms. The molecule has 0 aliphatic carbocycles. The van der Waals surface area contributed by atoms with Gasteiger partial charge < -0.3 is 14.8 Å². The van der Waals surface area contributed by atoms with Gasteiger partial charge in [-0.25, -0.2) is 9.18 Å². The molecule has 2 aromatic carbocycles. The topological polar surface area (TPSA) is 54.3 Å². The zero-order valence-electron chi connectivity index (χ0n) is 16.7. The van der Waals surface area contributed by atoms with Crippen molar-refractivity contribution in [2.24, 2.45) is 5.92 Å². The van der Waals surface area contributed by atoms with Gasteiger partial charge in [-0.1, -0.05) is 29.8 Å². The first kappa shape index (κ1) is 19.8. The average molecular weight is 438 g/mol. The molecule has 0 saturated carbocycles. The van der Waals surface area contributed by atoms with Crippen molar-refractivity contribution in [1.82, 2.24) is 9.47 Å². The molecule has 0 spiro atoms. The number of fused-ring (bicyclic) bond motifs is 4. The van der Waals surface area contributed by atoms with Crippen LogP contribution in [0.4, 0.5) is 14.9 Å². The van der Waals surface area contributed by atoms with Crippen LogP contribution < -0.4 is 10.9 Å². The van der Waals surface area contributed by atoms with Crippen LogP contribution >= 0.6 is 11.6 Å². The SMILES string of the molecule is O=C(Nc1ccc(Cl)cc1)N1CC2CC(C1)c1c(-c3ccccc3F)ccc(=O)n1C2. The van der Waals surface area contributed by atoms with Crippen molar-refractivity contribution in [2.75, 3.05) is 18.4 Å². The lowest BCUT2D eigenvalue weighted by molar-refractivity contribution is 0.140. The summed E-state index contributed by atoms with van der Waals surface area (Å²) >= 11 is 5.92. The lowest BCUT2D eigenvalue weighted by Crippen LogP contribution is -2.50. The van der Waals surface area contributed by atoms with E-state index in [1.54, 1.807) is 58.0 Å². The van der Waals surface area contributed by atoms with E-state index in [9.17, 15) is 14.0 Å². The zero-order chi connectivity index (χ0) is 21.5. The summed E-state index contributed by atoms with van der Waals surface area (Å²) in [5.41, 5.74) is 2.61. The van der Waals surface area contributed by atoms with E-state index in [1.165, 1.54) is 12.1 Å². The summed E-state index contributed by atoms with van der Waals surface area (Å²) < 4.78 is 16.3. The Bertz CT molecular complexity index is 1210. The van der Waals surface area contributed by atoms with Crippen LogP contribution in [-0.2, 0) is 6.54 Å². The Balaban J connectivity index is 1.47. The summed E-state index contributed by atoms with van der Waals surface area (Å²) in [4.78, 5) is 27.3. The number of pyridine rings is 1. The predicted molar refractivity (Wildman–Crippen MR) is 119 cm³/mol. The molecule has 1 fully saturated rings. The molecule has 5 rings (SSSR count). The minimum absolute atomic E-state index is 0.0352. The minimum atomic E-state index is -0.320. The van der Waals surface area contributed by atoms with Crippen LogP contribution in [0.5, 0.6) is 0 Å². The van der Waals surface area contributed by atoms with Gasteiger partial charge >= 0.3 is 6.03 Å². The fraction of sp³-hybridized carbons (Fsp3) is 0.250. The van der Waals surface area contributed by atoms with Gasteiger partial charge in [0.15, 0.2) is 0 Å². The molecule has 158 valence electrons. The number of aromatic nitrogens is 1. The molecule has 31 heavy (non-hydrogen) atoms. The molecule has 2 bridgehead atoms. The van der Waals surface area contributed by atoms with E-state index in [4.69, 9.17) is 11.6 Å². The number of carbonyl (C=O) groups is 1. The Morgan fingerprint density at radius 1 is 0.968 bits per heavy atom. The number of rotatable bonds is 2. The van der Waals surface area contributed by atoms with Gasteiger partial charge in [0.25, 0.3) is 5.56 Å². The molecule has 2 atom stereocenters. The number of nitrogens with zero attached hydrogens (tertiary/aromatic N) is 2. The molecular formula is C24H21ClFN3O2. The highest BCUT2D eigenvalue weighted by atomic mass is 35.5. The van der Waals surface area contributed by atoms with E-state index in [0.717, 1.165) is 17.7 Å². The highest BCUT2D eigenvalue weighted by molar-refractivity contribution is 6.30. The average Bonchev–Trinajstić information content (AvgIpc) is 2.76. The first-order chi connectivity index (χ1) is 15.0. The second-order valence-corrected chi connectivity index (χ2v) is 8.64. The smallest absolute Gasteiger partial charge is 0.321 e. The third-order valence-corrected chi connectivity index (χ3v) is 6.39.